The first-order valence-electron chi connectivity index (χ1n) is 6.51. The van der Waals surface area contributed by atoms with Gasteiger partial charge in [0.2, 0.25) is 15.0 Å². The van der Waals surface area contributed by atoms with Crippen molar-refractivity contribution < 1.29 is 34.8 Å². The molecule has 2 aromatic heterocycles. The van der Waals surface area contributed by atoms with Gasteiger partial charge < -0.3 is 4.98 Å². The minimum Gasteiger partial charge on any atom is -0.312 e. The molecule has 0 aliphatic carbocycles. The van der Waals surface area contributed by atoms with Gasteiger partial charge in [0.1, 0.15) is 0 Å². The van der Waals surface area contributed by atoms with Gasteiger partial charge in [0, 0.05) is 24.8 Å². The van der Waals surface area contributed by atoms with Crippen LogP contribution in [0.4, 0.5) is 26.3 Å². The third kappa shape index (κ3) is 6.09. The molecule has 0 unspecified atom stereocenters. The van der Waals surface area contributed by atoms with Crippen molar-refractivity contribution in [3.8, 4) is 0 Å². The summed E-state index contributed by atoms with van der Waals surface area (Å²) in [6.07, 6.45) is -7.04. The van der Waals surface area contributed by atoms with Gasteiger partial charge >= 0.3 is 18.0 Å². The maximum Gasteiger partial charge on any atom is 0.419 e. The maximum atomic E-state index is 12.1. The van der Waals surface area contributed by atoms with Crippen molar-refractivity contribution in [1.29, 1.82) is 0 Å². The molecule has 0 saturated heterocycles. The van der Waals surface area contributed by atoms with Crippen LogP contribution >= 0.6 is 0 Å². The van der Waals surface area contributed by atoms with Gasteiger partial charge in [0.25, 0.3) is 0 Å². The molecule has 1 N–H and O–H groups in total. The Morgan fingerprint density at radius 3 is 1.73 bits per heavy atom. The summed E-state index contributed by atoms with van der Waals surface area (Å²) in [5, 5.41) is -0.585. The van der Waals surface area contributed by atoms with Gasteiger partial charge in [-0.1, -0.05) is 6.92 Å². The molecule has 0 fully saturated rings. The van der Waals surface area contributed by atoms with Gasteiger partial charge in [-0.3, -0.25) is 0 Å². The van der Waals surface area contributed by atoms with E-state index in [1.807, 2.05) is 4.98 Å². The van der Waals surface area contributed by atoms with Crippen molar-refractivity contribution in [2.24, 2.45) is 0 Å². The number of rotatable bonds is 2. The van der Waals surface area contributed by atoms with Crippen LogP contribution in [0.5, 0.6) is 0 Å². The highest BCUT2D eigenvalue weighted by molar-refractivity contribution is 7.91. The Bertz CT molecular complexity index is 870. The first-order chi connectivity index (χ1) is 11.8. The predicted molar refractivity (Wildman–Crippen MR) is 74.6 cm³/mol. The van der Waals surface area contributed by atoms with Crippen molar-refractivity contribution in [2.45, 2.75) is 24.4 Å². The Hall–Kier alpha value is -2.51. The van der Waals surface area contributed by atoms with Gasteiger partial charge in [-0.2, -0.15) is 26.3 Å². The van der Waals surface area contributed by atoms with E-state index in [0.29, 0.717) is 24.8 Å². The summed E-state index contributed by atoms with van der Waals surface area (Å²) in [7, 11) is -3.65. The Morgan fingerprint density at radius 2 is 1.38 bits per heavy atom. The zero-order chi connectivity index (χ0) is 20.2. The fourth-order valence-corrected chi connectivity index (χ4v) is 1.93. The molecule has 0 radical (unpaired) electrons. The molecule has 26 heavy (non-hydrogen) atoms. The smallest absolute Gasteiger partial charge is 0.312 e. The number of alkyl halides is 6. The van der Waals surface area contributed by atoms with Crippen LogP contribution in [-0.2, 0) is 22.2 Å². The minimum absolute atomic E-state index is 0.252. The highest BCUT2D eigenvalue weighted by Gasteiger charge is 2.32. The van der Waals surface area contributed by atoms with Crippen molar-refractivity contribution in [3.05, 3.63) is 46.4 Å². The standard InChI is InChI=1S/C7H7F3N2O2S.C5H3F3N2O/c1-2-15(13,14)6-11-3-5(4-12-6)7(8,9)10;6-5(7,8)3-1-9-4(11)10-2-3/h3-4H,2H2,1H3;1-2H,(H,9,10,11). The van der Waals surface area contributed by atoms with E-state index in [1.54, 1.807) is 0 Å². The number of hydrogen-bond acceptors (Lipinski definition) is 6. The summed E-state index contributed by atoms with van der Waals surface area (Å²) in [5.41, 5.74) is -2.83. The first-order valence-corrected chi connectivity index (χ1v) is 8.16. The largest absolute Gasteiger partial charge is 0.419 e. The molecule has 7 nitrogen and oxygen atoms in total. The summed E-state index contributed by atoms with van der Waals surface area (Å²) in [4.78, 5) is 21.3. The van der Waals surface area contributed by atoms with Gasteiger partial charge in [-0.25, -0.2) is 28.2 Å². The molecule has 0 spiro atoms. The lowest BCUT2D eigenvalue weighted by Gasteiger charge is -2.05. The highest BCUT2D eigenvalue weighted by Crippen LogP contribution is 2.28. The topological polar surface area (TPSA) is 106 Å². The average molecular weight is 404 g/mol. The van der Waals surface area contributed by atoms with Crippen LogP contribution in [0, 0.1) is 0 Å². The van der Waals surface area contributed by atoms with Gasteiger partial charge in [-0.05, 0) is 0 Å². The van der Waals surface area contributed by atoms with E-state index < -0.39 is 44.2 Å². The molecule has 14 heteroatoms. The number of nitrogens with zero attached hydrogens (tertiary/aromatic N) is 3. The molecular formula is C12H10F6N4O3S. The molecule has 2 aromatic rings. The lowest BCUT2D eigenvalue weighted by Crippen LogP contribution is -2.14. The Morgan fingerprint density at radius 1 is 0.923 bits per heavy atom. The van der Waals surface area contributed by atoms with Crippen molar-refractivity contribution in [3.63, 3.8) is 0 Å². The van der Waals surface area contributed by atoms with E-state index in [1.165, 1.54) is 6.92 Å². The normalized spacial score (nSPS) is 12.3. The number of halogens is 6. The van der Waals surface area contributed by atoms with Crippen LogP contribution in [0.25, 0.3) is 0 Å². The zero-order valence-electron chi connectivity index (χ0n) is 12.8. The van der Waals surface area contributed by atoms with E-state index in [4.69, 9.17) is 0 Å². The molecule has 0 bridgehead atoms. The highest BCUT2D eigenvalue weighted by atomic mass is 32.2. The van der Waals surface area contributed by atoms with Crippen molar-refractivity contribution in [2.75, 3.05) is 5.75 Å². The Labute approximate surface area is 142 Å². The second-order valence-corrected chi connectivity index (χ2v) is 6.63. The molecular weight excluding hydrogens is 394 g/mol. The zero-order valence-corrected chi connectivity index (χ0v) is 13.6. The summed E-state index contributed by atoms with van der Waals surface area (Å²) in [6.45, 7) is 1.36. The Kier molecular flexibility index (Phi) is 6.46. The van der Waals surface area contributed by atoms with Crippen LogP contribution in [0.3, 0.4) is 0 Å². The third-order valence-corrected chi connectivity index (χ3v) is 4.14. The summed E-state index contributed by atoms with van der Waals surface area (Å²) in [6, 6.07) is 0. The van der Waals surface area contributed by atoms with Crippen LogP contribution in [0.15, 0.2) is 34.7 Å². The van der Waals surface area contributed by atoms with Gasteiger partial charge in [-0.15, -0.1) is 0 Å². The van der Waals surface area contributed by atoms with E-state index in [2.05, 4.69) is 15.0 Å². The van der Waals surface area contributed by atoms with Crippen molar-refractivity contribution >= 4 is 9.84 Å². The molecule has 0 aliphatic heterocycles. The molecule has 0 saturated carbocycles. The number of nitrogens with one attached hydrogen (secondary N) is 1. The molecule has 2 heterocycles. The predicted octanol–water partition coefficient (Wildman–Crippen LogP) is 2.08. The summed E-state index contributed by atoms with van der Waals surface area (Å²) < 4.78 is 93.8. The Balaban J connectivity index is 0.000000273. The third-order valence-electron chi connectivity index (χ3n) is 2.61. The van der Waals surface area contributed by atoms with Crippen LogP contribution in [0.1, 0.15) is 18.1 Å². The minimum atomic E-state index is -4.56. The monoisotopic (exact) mass is 404 g/mol. The molecule has 0 amide bonds. The molecule has 144 valence electrons. The van der Waals surface area contributed by atoms with E-state index in [9.17, 15) is 39.6 Å². The maximum absolute atomic E-state index is 12.1. The second-order valence-electron chi connectivity index (χ2n) is 4.46. The quantitative estimate of drug-likeness (QED) is 0.607. The van der Waals surface area contributed by atoms with Gasteiger partial charge in [0.15, 0.2) is 0 Å². The molecule has 0 atom stereocenters. The van der Waals surface area contributed by atoms with E-state index in [0.717, 1.165) is 0 Å². The molecule has 2 rings (SSSR count). The average Bonchev–Trinajstić information content (AvgIpc) is 2.54. The SMILES string of the molecule is CCS(=O)(=O)c1ncc(C(F)(F)F)cn1.O=c1ncc(C(F)(F)F)c[nH]1. The fourth-order valence-electron chi connectivity index (χ4n) is 1.25. The number of hydrogen-bond donors (Lipinski definition) is 1. The number of H-pyrrole nitrogens is 1. The van der Waals surface area contributed by atoms with Crippen LogP contribution in [-0.4, -0.2) is 34.1 Å². The lowest BCUT2D eigenvalue weighted by atomic mass is 10.3. The number of aromatic nitrogens is 4. The first kappa shape index (κ1) is 21.5. The van der Waals surface area contributed by atoms with E-state index in [-0.39, 0.29) is 5.75 Å². The van der Waals surface area contributed by atoms with E-state index >= 15 is 0 Å². The van der Waals surface area contributed by atoms with Gasteiger partial charge in [0.05, 0.1) is 16.9 Å². The van der Waals surface area contributed by atoms with Crippen LogP contribution < -0.4 is 5.69 Å². The molecule has 0 aromatic carbocycles. The van der Waals surface area contributed by atoms with Crippen LogP contribution in [0.2, 0.25) is 0 Å². The molecule has 0 aliphatic rings. The number of aromatic amines is 1. The summed E-state index contributed by atoms with van der Waals surface area (Å²) in [5.74, 6) is -0.252. The lowest BCUT2D eigenvalue weighted by molar-refractivity contribution is -0.139. The van der Waals surface area contributed by atoms with Crippen molar-refractivity contribution in [1.82, 2.24) is 19.9 Å². The second kappa shape index (κ2) is 7.80. The summed E-state index contributed by atoms with van der Waals surface area (Å²) >= 11 is 0. The fraction of sp³-hybridized carbons (Fsp3) is 0.333. The number of sulfone groups is 1.